The standard InChI is InChI=1S/C18H21BrN2O2/c1-23-17-5-3-16(4-6-17)21-10-8-20(9-11-21)13-14-12-15(19)2-7-18(14)22/h2-7,12,22H,8-11,13H2,1H3. The Bertz CT molecular complexity index is 653. The molecule has 23 heavy (non-hydrogen) atoms. The highest BCUT2D eigenvalue weighted by Crippen LogP contribution is 2.25. The summed E-state index contributed by atoms with van der Waals surface area (Å²) in [6.45, 7) is 4.72. The molecule has 1 aliphatic rings. The van der Waals surface area contributed by atoms with Crippen molar-refractivity contribution in [2.45, 2.75) is 6.54 Å². The lowest BCUT2D eigenvalue weighted by atomic mass is 10.1. The first-order valence-corrected chi connectivity index (χ1v) is 8.54. The average Bonchev–Trinajstić information content (AvgIpc) is 2.59. The van der Waals surface area contributed by atoms with E-state index in [1.807, 2.05) is 24.3 Å². The predicted octanol–water partition coefficient (Wildman–Crippen LogP) is 3.49. The third kappa shape index (κ3) is 3.98. The number of methoxy groups -OCH3 is 1. The van der Waals surface area contributed by atoms with E-state index in [4.69, 9.17) is 4.74 Å². The summed E-state index contributed by atoms with van der Waals surface area (Å²) >= 11 is 3.46. The van der Waals surface area contributed by atoms with Crippen LogP contribution in [0, 0.1) is 0 Å². The van der Waals surface area contributed by atoms with E-state index in [0.29, 0.717) is 5.75 Å². The largest absolute Gasteiger partial charge is 0.508 e. The number of aromatic hydroxyl groups is 1. The number of hydrogen-bond donors (Lipinski definition) is 1. The molecule has 1 heterocycles. The normalized spacial score (nSPS) is 15.7. The fourth-order valence-corrected chi connectivity index (χ4v) is 3.29. The maximum Gasteiger partial charge on any atom is 0.120 e. The summed E-state index contributed by atoms with van der Waals surface area (Å²) < 4.78 is 6.21. The average molecular weight is 377 g/mol. The van der Waals surface area contributed by atoms with Crippen molar-refractivity contribution in [3.05, 3.63) is 52.5 Å². The molecule has 0 unspecified atom stereocenters. The van der Waals surface area contributed by atoms with Crippen LogP contribution in [0.2, 0.25) is 0 Å². The number of ether oxygens (including phenoxy) is 1. The number of rotatable bonds is 4. The summed E-state index contributed by atoms with van der Waals surface area (Å²) in [6, 6.07) is 13.8. The first-order valence-electron chi connectivity index (χ1n) is 7.74. The molecule has 1 saturated heterocycles. The molecule has 5 heteroatoms. The number of piperazine rings is 1. The lowest BCUT2D eigenvalue weighted by Crippen LogP contribution is -2.45. The quantitative estimate of drug-likeness (QED) is 0.885. The number of nitrogens with zero attached hydrogens (tertiary/aromatic N) is 2. The summed E-state index contributed by atoms with van der Waals surface area (Å²) in [6.07, 6.45) is 0. The molecule has 3 rings (SSSR count). The minimum Gasteiger partial charge on any atom is -0.508 e. The molecule has 0 spiro atoms. The minimum absolute atomic E-state index is 0.366. The van der Waals surface area contributed by atoms with Gasteiger partial charge in [-0.3, -0.25) is 4.90 Å². The molecule has 0 aromatic heterocycles. The number of halogens is 1. The van der Waals surface area contributed by atoms with E-state index in [9.17, 15) is 5.11 Å². The van der Waals surface area contributed by atoms with E-state index in [-0.39, 0.29) is 0 Å². The van der Waals surface area contributed by atoms with Crippen molar-refractivity contribution in [2.24, 2.45) is 0 Å². The Balaban J connectivity index is 1.58. The van der Waals surface area contributed by atoms with E-state index in [1.54, 1.807) is 13.2 Å². The lowest BCUT2D eigenvalue weighted by molar-refractivity contribution is 0.246. The molecule has 0 aliphatic carbocycles. The fourth-order valence-electron chi connectivity index (χ4n) is 2.88. The summed E-state index contributed by atoms with van der Waals surface area (Å²) in [4.78, 5) is 4.76. The Morgan fingerprint density at radius 3 is 2.39 bits per heavy atom. The smallest absolute Gasteiger partial charge is 0.120 e. The first-order chi connectivity index (χ1) is 11.2. The van der Waals surface area contributed by atoms with Gasteiger partial charge in [0.15, 0.2) is 0 Å². The van der Waals surface area contributed by atoms with Crippen molar-refractivity contribution in [1.29, 1.82) is 0 Å². The van der Waals surface area contributed by atoms with Gasteiger partial charge in [-0.25, -0.2) is 0 Å². The van der Waals surface area contributed by atoms with Crippen LogP contribution in [0.15, 0.2) is 46.9 Å². The van der Waals surface area contributed by atoms with Crippen molar-refractivity contribution in [3.8, 4) is 11.5 Å². The lowest BCUT2D eigenvalue weighted by Gasteiger charge is -2.36. The molecule has 4 nitrogen and oxygen atoms in total. The van der Waals surface area contributed by atoms with Crippen molar-refractivity contribution in [2.75, 3.05) is 38.2 Å². The maximum atomic E-state index is 9.98. The molecule has 1 fully saturated rings. The highest BCUT2D eigenvalue weighted by molar-refractivity contribution is 9.10. The van der Waals surface area contributed by atoms with E-state index >= 15 is 0 Å². The summed E-state index contributed by atoms with van der Waals surface area (Å²) in [7, 11) is 1.69. The van der Waals surface area contributed by atoms with Crippen molar-refractivity contribution in [3.63, 3.8) is 0 Å². The van der Waals surface area contributed by atoms with Crippen LogP contribution in [0.25, 0.3) is 0 Å². The van der Waals surface area contributed by atoms with E-state index in [2.05, 4.69) is 37.9 Å². The number of anilines is 1. The van der Waals surface area contributed by atoms with Gasteiger partial charge in [-0.2, -0.15) is 0 Å². The van der Waals surface area contributed by atoms with Crippen LogP contribution in [0.4, 0.5) is 5.69 Å². The van der Waals surface area contributed by atoms with Crippen LogP contribution in [-0.4, -0.2) is 43.3 Å². The number of benzene rings is 2. The van der Waals surface area contributed by atoms with Crippen LogP contribution < -0.4 is 9.64 Å². The molecule has 0 atom stereocenters. The molecular formula is C18H21BrN2O2. The van der Waals surface area contributed by atoms with E-state index in [1.165, 1.54) is 5.69 Å². The Morgan fingerprint density at radius 1 is 1.04 bits per heavy atom. The van der Waals surface area contributed by atoms with Crippen LogP contribution in [-0.2, 0) is 6.54 Å². The third-order valence-corrected chi connectivity index (χ3v) is 4.74. The number of phenols is 1. The fraction of sp³-hybridized carbons (Fsp3) is 0.333. The topological polar surface area (TPSA) is 35.9 Å². The van der Waals surface area contributed by atoms with Gasteiger partial charge in [-0.05, 0) is 42.5 Å². The van der Waals surface area contributed by atoms with Crippen molar-refractivity contribution in [1.82, 2.24) is 4.90 Å². The molecule has 0 radical (unpaired) electrons. The van der Waals surface area contributed by atoms with Gasteiger partial charge in [0.05, 0.1) is 7.11 Å². The molecule has 0 saturated carbocycles. The molecular weight excluding hydrogens is 356 g/mol. The zero-order chi connectivity index (χ0) is 16.2. The van der Waals surface area contributed by atoms with Gasteiger partial charge in [0.2, 0.25) is 0 Å². The van der Waals surface area contributed by atoms with Crippen LogP contribution >= 0.6 is 15.9 Å². The molecule has 2 aromatic carbocycles. The third-order valence-electron chi connectivity index (χ3n) is 4.25. The van der Waals surface area contributed by atoms with Crippen molar-refractivity contribution >= 4 is 21.6 Å². The van der Waals surface area contributed by atoms with Crippen molar-refractivity contribution < 1.29 is 9.84 Å². The summed E-state index contributed by atoms with van der Waals surface area (Å²) in [5.41, 5.74) is 2.20. The van der Waals surface area contributed by atoms with Crippen LogP contribution in [0.1, 0.15) is 5.56 Å². The predicted molar refractivity (Wildman–Crippen MR) is 96.3 cm³/mol. The molecule has 0 amide bonds. The highest BCUT2D eigenvalue weighted by Gasteiger charge is 2.18. The molecule has 1 aliphatic heterocycles. The van der Waals surface area contributed by atoms with Gasteiger partial charge in [-0.1, -0.05) is 15.9 Å². The number of phenolic OH excluding ortho intramolecular Hbond substituents is 1. The second kappa shape index (κ2) is 7.23. The van der Waals surface area contributed by atoms with Crippen LogP contribution in [0.5, 0.6) is 11.5 Å². The zero-order valence-electron chi connectivity index (χ0n) is 13.2. The minimum atomic E-state index is 0.366. The Morgan fingerprint density at radius 2 is 1.74 bits per heavy atom. The summed E-state index contributed by atoms with van der Waals surface area (Å²) in [5.74, 6) is 1.25. The zero-order valence-corrected chi connectivity index (χ0v) is 14.8. The van der Waals surface area contributed by atoms with Gasteiger partial charge >= 0.3 is 0 Å². The molecule has 2 aromatic rings. The van der Waals surface area contributed by atoms with Gasteiger partial charge in [0.1, 0.15) is 11.5 Å². The maximum absolute atomic E-state index is 9.98. The SMILES string of the molecule is COc1ccc(N2CCN(Cc3cc(Br)ccc3O)CC2)cc1. The van der Waals surface area contributed by atoms with E-state index < -0.39 is 0 Å². The van der Waals surface area contributed by atoms with E-state index in [0.717, 1.165) is 48.5 Å². The molecule has 122 valence electrons. The van der Waals surface area contributed by atoms with Gasteiger partial charge in [0.25, 0.3) is 0 Å². The van der Waals surface area contributed by atoms with Gasteiger partial charge < -0.3 is 14.7 Å². The second-order valence-electron chi connectivity index (χ2n) is 5.73. The Labute approximate surface area is 145 Å². The van der Waals surface area contributed by atoms with Gasteiger partial charge in [0, 0.05) is 48.4 Å². The van der Waals surface area contributed by atoms with Crippen LogP contribution in [0.3, 0.4) is 0 Å². The first kappa shape index (κ1) is 16.1. The summed E-state index contributed by atoms with van der Waals surface area (Å²) in [5, 5.41) is 9.98. The monoisotopic (exact) mass is 376 g/mol. The Kier molecular flexibility index (Phi) is 5.08. The Hall–Kier alpha value is -1.72. The second-order valence-corrected chi connectivity index (χ2v) is 6.65. The molecule has 1 N–H and O–H groups in total. The van der Waals surface area contributed by atoms with Gasteiger partial charge in [-0.15, -0.1) is 0 Å². The highest BCUT2D eigenvalue weighted by atomic mass is 79.9. The number of hydrogen-bond acceptors (Lipinski definition) is 4. The molecule has 0 bridgehead atoms.